The van der Waals surface area contributed by atoms with Crippen molar-refractivity contribution in [3.63, 3.8) is 0 Å². The van der Waals surface area contributed by atoms with Crippen LogP contribution in [-0.4, -0.2) is 45.4 Å². The van der Waals surface area contributed by atoms with Gasteiger partial charge in [-0.3, -0.25) is 0 Å². The zero-order valence-electron chi connectivity index (χ0n) is 21.2. The van der Waals surface area contributed by atoms with Crippen molar-refractivity contribution in [3.8, 4) is 5.75 Å². The Morgan fingerprint density at radius 1 is 0.912 bits per heavy atom. The molecule has 0 bridgehead atoms. The lowest BCUT2D eigenvalue weighted by Gasteiger charge is -2.24. The van der Waals surface area contributed by atoms with Gasteiger partial charge in [-0.05, 0) is 57.7 Å². The largest absolute Gasteiger partial charge is 0.494 e. The predicted octanol–water partition coefficient (Wildman–Crippen LogP) is 4.14. The first-order chi connectivity index (χ1) is 16.1. The standard InChI is InChI=1S/C27H39NO5Si/c1-6-31-25(29)27(28,26(30)32-7-2)18-17-22-11-13-23(14-12-22)33-19-8-20-34(4,5)24-15-9-21(3)10-16-24/h9-16H,6-8,17-20,28H2,1-5H3. The SMILES string of the molecule is CCOC(=O)C(N)(CCc1ccc(OCCC[Si](C)(C)c2ccc(C)cc2)cc1)C(=O)OCC. The third kappa shape index (κ3) is 7.70. The number of benzene rings is 2. The van der Waals surface area contributed by atoms with Gasteiger partial charge in [0, 0.05) is 0 Å². The molecule has 2 N–H and O–H groups in total. The lowest BCUT2D eigenvalue weighted by atomic mass is 9.92. The van der Waals surface area contributed by atoms with Crippen molar-refractivity contribution in [2.45, 2.75) is 64.7 Å². The van der Waals surface area contributed by atoms with Crippen LogP contribution in [0, 0.1) is 6.92 Å². The van der Waals surface area contributed by atoms with E-state index >= 15 is 0 Å². The molecule has 0 aliphatic rings. The van der Waals surface area contributed by atoms with E-state index in [0.29, 0.717) is 13.0 Å². The molecule has 0 radical (unpaired) electrons. The van der Waals surface area contributed by atoms with Crippen molar-refractivity contribution in [2.75, 3.05) is 19.8 Å². The summed E-state index contributed by atoms with van der Waals surface area (Å²) in [5, 5.41) is 1.48. The Kier molecular flexibility index (Phi) is 10.3. The van der Waals surface area contributed by atoms with Crippen molar-refractivity contribution < 1.29 is 23.8 Å². The maximum Gasteiger partial charge on any atom is 0.337 e. The molecule has 2 aromatic carbocycles. The quantitative estimate of drug-likeness (QED) is 0.199. The van der Waals surface area contributed by atoms with Crippen LogP contribution in [0.5, 0.6) is 5.75 Å². The molecule has 0 aliphatic heterocycles. The summed E-state index contributed by atoms with van der Waals surface area (Å²) < 4.78 is 16.0. The predicted molar refractivity (Wildman–Crippen MR) is 138 cm³/mol. The van der Waals surface area contributed by atoms with Crippen LogP contribution in [0.2, 0.25) is 19.1 Å². The Balaban J connectivity index is 1.86. The van der Waals surface area contributed by atoms with E-state index < -0.39 is 25.6 Å². The summed E-state index contributed by atoms with van der Waals surface area (Å²) in [6.45, 7) is 11.2. The first kappa shape index (κ1) is 27.6. The summed E-state index contributed by atoms with van der Waals surface area (Å²) in [7, 11) is -1.48. The summed E-state index contributed by atoms with van der Waals surface area (Å²) in [5.41, 5.74) is 6.56. The third-order valence-electron chi connectivity index (χ3n) is 6.06. The van der Waals surface area contributed by atoms with E-state index in [1.807, 2.05) is 24.3 Å². The maximum absolute atomic E-state index is 12.3. The molecule has 0 fully saturated rings. The van der Waals surface area contributed by atoms with Crippen molar-refractivity contribution in [3.05, 3.63) is 59.7 Å². The van der Waals surface area contributed by atoms with Gasteiger partial charge in [0.2, 0.25) is 5.54 Å². The normalized spacial score (nSPS) is 11.7. The molecular weight excluding hydrogens is 446 g/mol. The second-order valence-electron chi connectivity index (χ2n) is 9.26. The molecule has 2 aromatic rings. The van der Waals surface area contributed by atoms with Gasteiger partial charge < -0.3 is 19.9 Å². The Morgan fingerprint density at radius 2 is 1.47 bits per heavy atom. The topological polar surface area (TPSA) is 87.9 Å². The summed E-state index contributed by atoms with van der Waals surface area (Å²) in [4.78, 5) is 24.6. The fraction of sp³-hybridized carbons (Fsp3) is 0.481. The average Bonchev–Trinajstić information content (AvgIpc) is 2.81. The number of hydrogen-bond donors (Lipinski definition) is 1. The van der Waals surface area contributed by atoms with E-state index in [4.69, 9.17) is 19.9 Å². The number of nitrogens with two attached hydrogens (primary N) is 1. The Hall–Kier alpha value is -2.64. The fourth-order valence-corrected chi connectivity index (χ4v) is 6.14. The number of ether oxygens (including phenoxy) is 3. The van der Waals surface area contributed by atoms with Crippen LogP contribution in [-0.2, 0) is 25.5 Å². The number of carbonyl (C=O) groups excluding carboxylic acids is 2. The molecule has 6 nitrogen and oxygen atoms in total. The number of rotatable bonds is 13. The lowest BCUT2D eigenvalue weighted by Crippen LogP contribution is -2.57. The van der Waals surface area contributed by atoms with Gasteiger partial charge in [-0.15, -0.1) is 0 Å². The van der Waals surface area contributed by atoms with E-state index in [1.54, 1.807) is 13.8 Å². The van der Waals surface area contributed by atoms with Crippen molar-refractivity contribution in [1.82, 2.24) is 0 Å². The summed E-state index contributed by atoms with van der Waals surface area (Å²) in [5.74, 6) is -0.718. The molecule has 0 aliphatic carbocycles. The van der Waals surface area contributed by atoms with Crippen molar-refractivity contribution >= 4 is 25.2 Å². The Bertz CT molecular complexity index is 907. The molecule has 34 heavy (non-hydrogen) atoms. The number of esters is 2. The first-order valence-corrected chi connectivity index (χ1v) is 15.3. The van der Waals surface area contributed by atoms with Gasteiger partial charge in [-0.1, -0.05) is 66.3 Å². The van der Waals surface area contributed by atoms with Crippen LogP contribution in [0.3, 0.4) is 0 Å². The minimum Gasteiger partial charge on any atom is -0.494 e. The number of aryl methyl sites for hydroxylation is 2. The highest BCUT2D eigenvalue weighted by molar-refractivity contribution is 6.89. The van der Waals surface area contributed by atoms with E-state index in [9.17, 15) is 9.59 Å². The molecule has 0 unspecified atom stereocenters. The van der Waals surface area contributed by atoms with Crippen LogP contribution in [0.15, 0.2) is 48.5 Å². The summed E-state index contributed by atoms with van der Waals surface area (Å²) in [6.07, 6.45) is 1.54. The van der Waals surface area contributed by atoms with Gasteiger partial charge in [0.05, 0.1) is 27.9 Å². The summed E-state index contributed by atoms with van der Waals surface area (Å²) in [6, 6.07) is 17.7. The molecule has 2 rings (SSSR count). The minimum atomic E-state index is -1.81. The van der Waals surface area contributed by atoms with Crippen LogP contribution in [0.4, 0.5) is 0 Å². The van der Waals surface area contributed by atoms with E-state index in [2.05, 4.69) is 44.3 Å². The molecule has 186 valence electrons. The van der Waals surface area contributed by atoms with Crippen LogP contribution in [0.1, 0.15) is 37.8 Å². The van der Waals surface area contributed by atoms with Gasteiger partial charge in [0.15, 0.2) is 0 Å². The maximum atomic E-state index is 12.3. The molecule has 0 spiro atoms. The van der Waals surface area contributed by atoms with Gasteiger partial charge >= 0.3 is 11.9 Å². The zero-order chi connectivity index (χ0) is 25.2. The van der Waals surface area contributed by atoms with Crippen LogP contribution < -0.4 is 15.7 Å². The van der Waals surface area contributed by atoms with Crippen LogP contribution in [0.25, 0.3) is 0 Å². The van der Waals surface area contributed by atoms with Gasteiger partial charge in [-0.2, -0.15) is 0 Å². The first-order valence-electron chi connectivity index (χ1n) is 12.0. The van der Waals surface area contributed by atoms with E-state index in [1.165, 1.54) is 10.8 Å². The highest BCUT2D eigenvalue weighted by atomic mass is 28.3. The Morgan fingerprint density at radius 3 is 2.00 bits per heavy atom. The smallest absolute Gasteiger partial charge is 0.337 e. The molecular formula is C27H39NO5Si. The van der Waals surface area contributed by atoms with Gasteiger partial charge in [0.1, 0.15) is 5.75 Å². The van der Waals surface area contributed by atoms with Crippen LogP contribution >= 0.6 is 0 Å². The molecule has 0 saturated heterocycles. The number of hydrogen-bond acceptors (Lipinski definition) is 6. The van der Waals surface area contributed by atoms with Crippen molar-refractivity contribution in [1.29, 1.82) is 0 Å². The fourth-order valence-electron chi connectivity index (χ4n) is 3.75. The monoisotopic (exact) mass is 485 g/mol. The molecule has 0 saturated carbocycles. The van der Waals surface area contributed by atoms with Crippen molar-refractivity contribution in [2.24, 2.45) is 5.73 Å². The molecule has 0 amide bonds. The molecule has 0 aromatic heterocycles. The highest BCUT2D eigenvalue weighted by Crippen LogP contribution is 2.20. The number of carbonyl (C=O) groups is 2. The van der Waals surface area contributed by atoms with E-state index in [-0.39, 0.29) is 19.6 Å². The average molecular weight is 486 g/mol. The highest BCUT2D eigenvalue weighted by Gasteiger charge is 2.44. The molecule has 0 heterocycles. The summed E-state index contributed by atoms with van der Waals surface area (Å²) >= 11 is 0. The van der Waals surface area contributed by atoms with Gasteiger partial charge in [0.25, 0.3) is 0 Å². The van der Waals surface area contributed by atoms with Gasteiger partial charge in [-0.25, -0.2) is 9.59 Å². The second kappa shape index (κ2) is 12.7. The zero-order valence-corrected chi connectivity index (χ0v) is 22.2. The lowest BCUT2D eigenvalue weighted by molar-refractivity contribution is -0.164. The Labute approximate surface area is 204 Å². The molecule has 7 heteroatoms. The second-order valence-corrected chi connectivity index (χ2v) is 14.1. The van der Waals surface area contributed by atoms with E-state index in [0.717, 1.165) is 23.8 Å². The minimum absolute atomic E-state index is 0.101. The molecule has 0 atom stereocenters. The third-order valence-corrected chi connectivity index (χ3v) is 9.56.